The van der Waals surface area contributed by atoms with Gasteiger partial charge in [0.1, 0.15) is 0 Å². The molecule has 92 valence electrons. The van der Waals surface area contributed by atoms with Crippen molar-refractivity contribution in [3.8, 4) is 0 Å². The lowest BCUT2D eigenvalue weighted by molar-refractivity contribution is 0.0873. The second kappa shape index (κ2) is 4.81. The first-order chi connectivity index (χ1) is 8.33. The monoisotopic (exact) mass is 230 g/mol. The Kier molecular flexibility index (Phi) is 3.19. The fourth-order valence-electron chi connectivity index (χ4n) is 3.10. The van der Waals surface area contributed by atoms with Crippen LogP contribution in [0.1, 0.15) is 43.2 Å². The highest BCUT2D eigenvalue weighted by Crippen LogP contribution is 2.36. The minimum atomic E-state index is -0.0658. The third-order valence-corrected chi connectivity index (χ3v) is 4.50. The van der Waals surface area contributed by atoms with Crippen LogP contribution in [0, 0.1) is 11.8 Å². The molecule has 2 atom stereocenters. The molecule has 0 radical (unpaired) electrons. The second-order valence-corrected chi connectivity index (χ2v) is 5.86. The van der Waals surface area contributed by atoms with Crippen LogP contribution >= 0.6 is 0 Å². The Hall–Kier alpha value is -0.820. The maximum Gasteiger partial charge on any atom is 0.0571 e. The minimum Gasteiger partial charge on any atom is -0.393 e. The average molecular weight is 230 g/mol. The maximum atomic E-state index is 10.3. The van der Waals surface area contributed by atoms with Crippen molar-refractivity contribution in [2.45, 2.75) is 51.0 Å². The van der Waals surface area contributed by atoms with Crippen LogP contribution in [-0.4, -0.2) is 11.2 Å². The molecule has 1 aromatic rings. The molecular weight excluding hydrogens is 208 g/mol. The van der Waals surface area contributed by atoms with E-state index in [9.17, 15) is 5.11 Å². The zero-order chi connectivity index (χ0) is 11.7. The summed E-state index contributed by atoms with van der Waals surface area (Å²) in [6, 6.07) is 8.72. The summed E-state index contributed by atoms with van der Waals surface area (Å²) in [5.74, 6) is 1.45. The van der Waals surface area contributed by atoms with Gasteiger partial charge >= 0.3 is 0 Å². The van der Waals surface area contributed by atoms with Crippen molar-refractivity contribution in [2.24, 2.45) is 11.8 Å². The summed E-state index contributed by atoms with van der Waals surface area (Å²) in [6.07, 6.45) is 8.42. The molecule has 3 rings (SSSR count). The molecule has 0 heterocycles. The van der Waals surface area contributed by atoms with Gasteiger partial charge in [-0.15, -0.1) is 0 Å². The minimum absolute atomic E-state index is 0.0658. The van der Waals surface area contributed by atoms with Gasteiger partial charge in [0.2, 0.25) is 0 Å². The van der Waals surface area contributed by atoms with Crippen LogP contribution in [0.15, 0.2) is 24.3 Å². The number of aryl methyl sites for hydroxylation is 1. The summed E-state index contributed by atoms with van der Waals surface area (Å²) in [6.45, 7) is 0. The molecule has 1 saturated carbocycles. The zero-order valence-corrected chi connectivity index (χ0v) is 10.4. The van der Waals surface area contributed by atoms with Gasteiger partial charge < -0.3 is 5.11 Å². The lowest BCUT2D eigenvalue weighted by atomic mass is 9.80. The van der Waals surface area contributed by atoms with Gasteiger partial charge in [0.15, 0.2) is 0 Å². The van der Waals surface area contributed by atoms with Crippen molar-refractivity contribution in [3.05, 3.63) is 35.4 Å². The van der Waals surface area contributed by atoms with E-state index in [0.29, 0.717) is 5.92 Å². The van der Waals surface area contributed by atoms with Crippen molar-refractivity contribution in [1.29, 1.82) is 0 Å². The quantitative estimate of drug-likeness (QED) is 0.841. The van der Waals surface area contributed by atoms with E-state index in [4.69, 9.17) is 0 Å². The Bertz CT molecular complexity index is 381. The molecule has 0 aromatic heterocycles. The average Bonchev–Trinajstić information content (AvgIpc) is 3.19. The third-order valence-electron chi connectivity index (χ3n) is 4.50. The van der Waals surface area contributed by atoms with Crippen LogP contribution in [0.2, 0.25) is 0 Å². The number of aliphatic hydroxyl groups is 1. The van der Waals surface area contributed by atoms with E-state index in [0.717, 1.165) is 25.2 Å². The number of hydrogen-bond acceptors (Lipinski definition) is 1. The lowest BCUT2D eigenvalue weighted by Gasteiger charge is -2.28. The first-order valence-corrected chi connectivity index (χ1v) is 7.08. The van der Waals surface area contributed by atoms with Crippen molar-refractivity contribution >= 4 is 0 Å². The SMILES string of the molecule is OC(CCC1CC1)C1CCc2ccccc2C1. The Balaban J connectivity index is 1.58. The van der Waals surface area contributed by atoms with Crippen LogP contribution in [-0.2, 0) is 12.8 Å². The molecule has 2 aliphatic rings. The van der Waals surface area contributed by atoms with Crippen LogP contribution in [0.4, 0.5) is 0 Å². The molecule has 1 fully saturated rings. The number of hydrogen-bond donors (Lipinski definition) is 1. The van der Waals surface area contributed by atoms with E-state index in [2.05, 4.69) is 24.3 Å². The van der Waals surface area contributed by atoms with E-state index >= 15 is 0 Å². The smallest absolute Gasteiger partial charge is 0.0571 e. The van der Waals surface area contributed by atoms with Gasteiger partial charge in [-0.2, -0.15) is 0 Å². The summed E-state index contributed by atoms with van der Waals surface area (Å²) in [5.41, 5.74) is 2.97. The van der Waals surface area contributed by atoms with E-state index in [1.807, 2.05) is 0 Å². The van der Waals surface area contributed by atoms with Gasteiger partial charge in [0.05, 0.1) is 6.10 Å². The Morgan fingerprint density at radius 2 is 1.88 bits per heavy atom. The number of benzene rings is 1. The third kappa shape index (κ3) is 2.71. The van der Waals surface area contributed by atoms with Crippen LogP contribution < -0.4 is 0 Å². The highest BCUT2D eigenvalue weighted by molar-refractivity contribution is 5.29. The first kappa shape index (κ1) is 11.3. The molecule has 1 nitrogen and oxygen atoms in total. The van der Waals surface area contributed by atoms with Gasteiger partial charge in [0, 0.05) is 0 Å². The predicted molar refractivity (Wildman–Crippen MR) is 69.9 cm³/mol. The molecule has 17 heavy (non-hydrogen) atoms. The standard InChI is InChI=1S/C16H22O/c17-16(10-7-12-5-6-12)15-9-8-13-3-1-2-4-14(13)11-15/h1-4,12,15-17H,5-11H2. The molecule has 0 spiro atoms. The van der Waals surface area contributed by atoms with Crippen molar-refractivity contribution < 1.29 is 5.11 Å². The zero-order valence-electron chi connectivity index (χ0n) is 10.4. The van der Waals surface area contributed by atoms with Gasteiger partial charge in [-0.1, -0.05) is 37.1 Å². The molecule has 0 amide bonds. The molecular formula is C16H22O. The Morgan fingerprint density at radius 3 is 2.65 bits per heavy atom. The van der Waals surface area contributed by atoms with Crippen molar-refractivity contribution in [2.75, 3.05) is 0 Å². The van der Waals surface area contributed by atoms with E-state index in [1.165, 1.54) is 36.8 Å². The molecule has 2 unspecified atom stereocenters. The van der Waals surface area contributed by atoms with E-state index in [1.54, 1.807) is 0 Å². The summed E-state index contributed by atoms with van der Waals surface area (Å²) in [5, 5.41) is 10.3. The summed E-state index contributed by atoms with van der Waals surface area (Å²) < 4.78 is 0. The first-order valence-electron chi connectivity index (χ1n) is 7.08. The predicted octanol–water partition coefficient (Wildman–Crippen LogP) is 3.34. The van der Waals surface area contributed by atoms with Gasteiger partial charge in [-0.25, -0.2) is 0 Å². The highest BCUT2D eigenvalue weighted by Gasteiger charge is 2.27. The van der Waals surface area contributed by atoms with E-state index < -0.39 is 0 Å². The van der Waals surface area contributed by atoms with Crippen LogP contribution in [0.3, 0.4) is 0 Å². The molecule has 2 aliphatic carbocycles. The lowest BCUT2D eigenvalue weighted by Crippen LogP contribution is -2.26. The van der Waals surface area contributed by atoms with Crippen LogP contribution in [0.25, 0.3) is 0 Å². The summed E-state index contributed by atoms with van der Waals surface area (Å²) in [4.78, 5) is 0. The normalized spacial score (nSPS) is 25.4. The van der Waals surface area contributed by atoms with Gasteiger partial charge in [-0.3, -0.25) is 0 Å². The molecule has 0 saturated heterocycles. The summed E-state index contributed by atoms with van der Waals surface area (Å²) in [7, 11) is 0. The van der Waals surface area contributed by atoms with Gasteiger partial charge in [-0.05, 0) is 55.1 Å². The fourth-order valence-corrected chi connectivity index (χ4v) is 3.10. The van der Waals surface area contributed by atoms with Crippen molar-refractivity contribution in [1.82, 2.24) is 0 Å². The Labute approximate surface area is 104 Å². The van der Waals surface area contributed by atoms with E-state index in [-0.39, 0.29) is 6.10 Å². The number of fused-ring (bicyclic) bond motifs is 1. The van der Waals surface area contributed by atoms with Crippen LogP contribution in [0.5, 0.6) is 0 Å². The summed E-state index contributed by atoms with van der Waals surface area (Å²) >= 11 is 0. The topological polar surface area (TPSA) is 20.2 Å². The Morgan fingerprint density at radius 1 is 1.12 bits per heavy atom. The molecule has 1 aromatic carbocycles. The second-order valence-electron chi connectivity index (χ2n) is 5.86. The largest absolute Gasteiger partial charge is 0.393 e. The molecule has 0 aliphatic heterocycles. The van der Waals surface area contributed by atoms with Crippen molar-refractivity contribution in [3.63, 3.8) is 0 Å². The molecule has 1 N–H and O–H groups in total. The maximum absolute atomic E-state index is 10.3. The number of aliphatic hydroxyl groups excluding tert-OH is 1. The highest BCUT2D eigenvalue weighted by atomic mass is 16.3. The molecule has 1 heteroatoms. The van der Waals surface area contributed by atoms with Gasteiger partial charge in [0.25, 0.3) is 0 Å². The molecule has 0 bridgehead atoms. The fraction of sp³-hybridized carbons (Fsp3) is 0.625. The number of rotatable bonds is 4.